The lowest BCUT2D eigenvalue weighted by Gasteiger charge is -2.11. The van der Waals surface area contributed by atoms with E-state index in [1.165, 1.54) is 12.1 Å². The molecule has 0 fully saturated rings. The highest BCUT2D eigenvalue weighted by Gasteiger charge is 2.27. The van der Waals surface area contributed by atoms with E-state index in [0.717, 1.165) is 11.8 Å². The molecule has 106 valence electrons. The van der Waals surface area contributed by atoms with E-state index in [1.54, 1.807) is 6.92 Å². The number of hydrogen-bond donors (Lipinski definition) is 2. The van der Waals surface area contributed by atoms with E-state index in [2.05, 4.69) is 5.32 Å². The number of fused-ring (bicyclic) bond motifs is 1. The second-order valence-electron chi connectivity index (χ2n) is 4.31. The summed E-state index contributed by atoms with van der Waals surface area (Å²) in [4.78, 5) is 33.1. The maximum Gasteiger partial charge on any atom is 0.316 e. The topological polar surface area (TPSA) is 110 Å². The van der Waals surface area contributed by atoms with E-state index >= 15 is 0 Å². The minimum atomic E-state index is -1.02. The molecular weight excluding hydrogens is 284 g/mol. The number of carboxylic acids is 1. The molecule has 1 unspecified atom stereocenters. The first-order valence-corrected chi connectivity index (χ1v) is 6.81. The molecule has 1 aromatic carbocycles. The average Bonchev–Trinajstić information content (AvgIpc) is 2.73. The monoisotopic (exact) mass is 296 g/mol. The molecule has 1 aliphatic heterocycles. The van der Waals surface area contributed by atoms with E-state index in [-0.39, 0.29) is 22.9 Å². The fourth-order valence-electron chi connectivity index (χ4n) is 1.94. The molecule has 8 heteroatoms. The molecule has 0 saturated carbocycles. The number of anilines is 1. The summed E-state index contributed by atoms with van der Waals surface area (Å²) in [5.41, 5.74) is 0.919. The molecule has 1 amide bonds. The number of hydrogen-bond acceptors (Lipinski definition) is 5. The van der Waals surface area contributed by atoms with Crippen LogP contribution in [0.1, 0.15) is 18.9 Å². The van der Waals surface area contributed by atoms with Crippen molar-refractivity contribution in [1.29, 1.82) is 0 Å². The van der Waals surface area contributed by atoms with Crippen LogP contribution in [0.2, 0.25) is 0 Å². The highest BCUT2D eigenvalue weighted by atomic mass is 32.2. The lowest BCUT2D eigenvalue weighted by molar-refractivity contribution is -0.387. The Morgan fingerprint density at radius 3 is 2.85 bits per heavy atom. The minimum absolute atomic E-state index is 0.108. The van der Waals surface area contributed by atoms with E-state index in [4.69, 9.17) is 5.11 Å². The molecule has 0 aliphatic carbocycles. The Hall–Kier alpha value is -2.09. The normalized spacial score (nSPS) is 14.6. The first-order valence-electron chi connectivity index (χ1n) is 5.93. The third-order valence-corrected chi connectivity index (χ3v) is 4.32. The number of aliphatic carboxylic acids is 1. The number of nitro groups is 1. The first-order chi connectivity index (χ1) is 9.42. The van der Waals surface area contributed by atoms with Crippen molar-refractivity contribution in [3.63, 3.8) is 0 Å². The summed E-state index contributed by atoms with van der Waals surface area (Å²) in [6, 6.07) is 2.82. The van der Waals surface area contributed by atoms with Crippen molar-refractivity contribution in [3.8, 4) is 0 Å². The van der Waals surface area contributed by atoms with Crippen molar-refractivity contribution < 1.29 is 19.6 Å². The number of amides is 1. The molecule has 2 N–H and O–H groups in total. The van der Waals surface area contributed by atoms with Gasteiger partial charge in [0.05, 0.1) is 16.2 Å². The molecule has 7 nitrogen and oxygen atoms in total. The third kappa shape index (κ3) is 2.74. The molecule has 0 bridgehead atoms. The van der Waals surface area contributed by atoms with Gasteiger partial charge < -0.3 is 10.4 Å². The molecule has 0 spiro atoms. The predicted molar refractivity (Wildman–Crippen MR) is 73.0 cm³/mol. The number of thioether (sulfide) groups is 1. The third-order valence-electron chi connectivity index (χ3n) is 2.92. The van der Waals surface area contributed by atoms with Crippen LogP contribution in [0.3, 0.4) is 0 Å². The largest absolute Gasteiger partial charge is 0.480 e. The Labute approximate surface area is 118 Å². The zero-order chi connectivity index (χ0) is 14.9. The summed E-state index contributed by atoms with van der Waals surface area (Å²) in [5.74, 6) is -1.24. The number of nitrogens with one attached hydrogen (secondary N) is 1. The van der Waals surface area contributed by atoms with Crippen LogP contribution in [0.15, 0.2) is 17.0 Å². The molecule has 1 aliphatic rings. The molecule has 0 aromatic heterocycles. The Balaban J connectivity index is 2.41. The highest BCUT2D eigenvalue weighted by molar-refractivity contribution is 8.00. The summed E-state index contributed by atoms with van der Waals surface area (Å²) >= 11 is 0.927. The van der Waals surface area contributed by atoms with Gasteiger partial charge in [-0.25, -0.2) is 0 Å². The fourth-order valence-corrected chi connectivity index (χ4v) is 2.95. The number of nitrogens with zero attached hydrogens (tertiary/aromatic N) is 1. The lowest BCUT2D eigenvalue weighted by atomic mass is 10.1. The number of carbonyl (C=O) groups excluding carboxylic acids is 1. The van der Waals surface area contributed by atoms with Gasteiger partial charge in [0.15, 0.2) is 0 Å². The van der Waals surface area contributed by atoms with Crippen molar-refractivity contribution >= 4 is 35.0 Å². The second kappa shape index (κ2) is 5.49. The van der Waals surface area contributed by atoms with Crippen LogP contribution >= 0.6 is 11.8 Å². The molecule has 0 saturated heterocycles. The van der Waals surface area contributed by atoms with Gasteiger partial charge in [0, 0.05) is 11.8 Å². The molecule has 1 aromatic rings. The Morgan fingerprint density at radius 2 is 2.30 bits per heavy atom. The summed E-state index contributed by atoms with van der Waals surface area (Å²) < 4.78 is 0. The van der Waals surface area contributed by atoms with E-state index in [9.17, 15) is 19.7 Å². The Morgan fingerprint density at radius 1 is 1.60 bits per heavy atom. The molecule has 1 atom stereocenters. The zero-order valence-electron chi connectivity index (χ0n) is 10.6. The van der Waals surface area contributed by atoms with Crippen LogP contribution in [-0.4, -0.2) is 27.2 Å². The fraction of sp³-hybridized carbons (Fsp3) is 0.333. The summed E-state index contributed by atoms with van der Waals surface area (Å²) in [7, 11) is 0. The number of carbonyl (C=O) groups is 2. The van der Waals surface area contributed by atoms with Crippen LogP contribution in [0.5, 0.6) is 0 Å². The van der Waals surface area contributed by atoms with Gasteiger partial charge >= 0.3 is 5.97 Å². The minimum Gasteiger partial charge on any atom is -0.480 e. The number of nitro benzene ring substituents is 1. The van der Waals surface area contributed by atoms with Gasteiger partial charge in [-0.05, 0) is 18.1 Å². The molecular formula is C12H12N2O5S. The van der Waals surface area contributed by atoms with Gasteiger partial charge in [-0.1, -0.05) is 6.92 Å². The summed E-state index contributed by atoms with van der Waals surface area (Å²) in [6.07, 6.45) is 0.456. The summed E-state index contributed by atoms with van der Waals surface area (Å²) in [5, 5.41) is 22.0. The maximum absolute atomic E-state index is 11.3. The summed E-state index contributed by atoms with van der Waals surface area (Å²) in [6.45, 7) is 1.70. The standard InChI is InChI=1S/C12H12N2O5S/c1-2-9(12(16)17)20-10-5-7-6(4-11(15)13-7)3-8(10)14(18)19/h3,5,9H,2,4H2,1H3,(H,13,15)(H,16,17). The Kier molecular flexibility index (Phi) is 3.93. The molecule has 20 heavy (non-hydrogen) atoms. The lowest BCUT2D eigenvalue weighted by Crippen LogP contribution is -2.15. The van der Waals surface area contributed by atoms with Crippen molar-refractivity contribution in [1.82, 2.24) is 0 Å². The van der Waals surface area contributed by atoms with Crippen LogP contribution < -0.4 is 5.32 Å². The number of rotatable bonds is 5. The molecule has 2 rings (SSSR count). The predicted octanol–water partition coefficient (Wildman–Crippen LogP) is 2.04. The molecule has 0 radical (unpaired) electrons. The number of carboxylic acid groups (broad SMARTS) is 1. The van der Waals surface area contributed by atoms with E-state index in [1.807, 2.05) is 0 Å². The second-order valence-corrected chi connectivity index (χ2v) is 5.56. The van der Waals surface area contributed by atoms with Crippen molar-refractivity contribution in [2.45, 2.75) is 29.9 Å². The zero-order valence-corrected chi connectivity index (χ0v) is 11.4. The van der Waals surface area contributed by atoms with Crippen LogP contribution in [0, 0.1) is 10.1 Å². The van der Waals surface area contributed by atoms with Gasteiger partial charge in [0.1, 0.15) is 5.25 Å². The Bertz CT molecular complexity index is 602. The molecule has 1 heterocycles. The van der Waals surface area contributed by atoms with Crippen LogP contribution in [0.4, 0.5) is 11.4 Å². The van der Waals surface area contributed by atoms with Gasteiger partial charge in [0.2, 0.25) is 5.91 Å². The van der Waals surface area contributed by atoms with Crippen LogP contribution in [0.25, 0.3) is 0 Å². The van der Waals surface area contributed by atoms with Crippen molar-refractivity contribution in [2.24, 2.45) is 0 Å². The van der Waals surface area contributed by atoms with Gasteiger partial charge in [-0.2, -0.15) is 0 Å². The van der Waals surface area contributed by atoms with Gasteiger partial charge in [-0.3, -0.25) is 19.7 Å². The van der Waals surface area contributed by atoms with Gasteiger partial charge in [0.25, 0.3) is 5.69 Å². The first kappa shape index (κ1) is 14.3. The average molecular weight is 296 g/mol. The SMILES string of the molecule is CCC(Sc1cc2c(cc1[N+](=O)[O-])CC(=O)N2)C(=O)O. The van der Waals surface area contributed by atoms with Gasteiger partial charge in [-0.15, -0.1) is 11.8 Å². The number of benzene rings is 1. The van der Waals surface area contributed by atoms with E-state index < -0.39 is 16.1 Å². The van der Waals surface area contributed by atoms with Crippen LogP contribution in [-0.2, 0) is 16.0 Å². The highest BCUT2D eigenvalue weighted by Crippen LogP contribution is 2.39. The van der Waals surface area contributed by atoms with Crippen molar-refractivity contribution in [2.75, 3.05) is 5.32 Å². The smallest absolute Gasteiger partial charge is 0.316 e. The van der Waals surface area contributed by atoms with Crippen molar-refractivity contribution in [3.05, 3.63) is 27.8 Å². The van der Waals surface area contributed by atoms with E-state index in [0.29, 0.717) is 17.7 Å². The quantitative estimate of drug-likeness (QED) is 0.489. The maximum atomic E-state index is 11.3.